The first-order valence-corrected chi connectivity index (χ1v) is 6.65. The molecule has 0 atom stereocenters. The van der Waals surface area contributed by atoms with Crippen LogP contribution in [0.15, 0.2) is 36.7 Å². The van der Waals surface area contributed by atoms with Crippen molar-refractivity contribution in [3.05, 3.63) is 36.7 Å². The van der Waals surface area contributed by atoms with Crippen LogP contribution in [0.1, 0.15) is 6.42 Å². The van der Waals surface area contributed by atoms with Crippen molar-refractivity contribution < 1.29 is 5.11 Å². The first kappa shape index (κ1) is 14.3. The maximum Gasteiger partial charge on any atom is 0.145 e. The molecule has 0 bridgehead atoms. The number of benzene rings is 1. The van der Waals surface area contributed by atoms with E-state index in [0.717, 1.165) is 22.8 Å². The molecule has 0 spiro atoms. The summed E-state index contributed by atoms with van der Waals surface area (Å²) in [5.74, 6) is 0.728. The maximum absolute atomic E-state index is 8.78. The topological polar surface area (TPSA) is 61.3 Å². The van der Waals surface area contributed by atoms with Crippen LogP contribution in [0.25, 0.3) is 11.3 Å². The standard InChI is InChI=1S/C15H20N4O/c1-19(2)13-6-3-5-12(9-13)14-10-16-11-15(18-14)17-7-4-8-20/h3,5-6,9-11,20H,4,7-8H2,1-2H3,(H,17,18). The zero-order chi connectivity index (χ0) is 14.4. The highest BCUT2D eigenvalue weighted by Gasteiger charge is 2.04. The molecule has 0 unspecified atom stereocenters. The van der Waals surface area contributed by atoms with Crippen LogP contribution in [0.5, 0.6) is 0 Å². The summed E-state index contributed by atoms with van der Waals surface area (Å²) in [6.45, 7) is 0.859. The zero-order valence-corrected chi connectivity index (χ0v) is 11.9. The van der Waals surface area contributed by atoms with Gasteiger partial charge in [-0.3, -0.25) is 4.98 Å². The van der Waals surface area contributed by atoms with Gasteiger partial charge in [0.25, 0.3) is 0 Å². The summed E-state index contributed by atoms with van der Waals surface area (Å²) in [7, 11) is 4.02. The number of aliphatic hydroxyl groups is 1. The summed E-state index contributed by atoms with van der Waals surface area (Å²) in [4.78, 5) is 10.8. The number of nitrogens with zero attached hydrogens (tertiary/aromatic N) is 3. The van der Waals surface area contributed by atoms with Gasteiger partial charge in [0.15, 0.2) is 0 Å². The van der Waals surface area contributed by atoms with Crippen molar-refractivity contribution in [1.82, 2.24) is 9.97 Å². The van der Waals surface area contributed by atoms with E-state index in [2.05, 4.69) is 32.3 Å². The zero-order valence-electron chi connectivity index (χ0n) is 11.9. The molecule has 0 saturated heterocycles. The number of hydrogen-bond acceptors (Lipinski definition) is 5. The van der Waals surface area contributed by atoms with Crippen LogP contribution >= 0.6 is 0 Å². The Morgan fingerprint density at radius 1 is 1.25 bits per heavy atom. The van der Waals surface area contributed by atoms with Crippen LogP contribution in [0.2, 0.25) is 0 Å². The molecule has 5 nitrogen and oxygen atoms in total. The number of rotatable bonds is 6. The largest absolute Gasteiger partial charge is 0.396 e. The van der Waals surface area contributed by atoms with E-state index in [1.54, 1.807) is 12.4 Å². The van der Waals surface area contributed by atoms with Gasteiger partial charge in [-0.15, -0.1) is 0 Å². The van der Waals surface area contributed by atoms with Crippen molar-refractivity contribution >= 4 is 11.5 Å². The SMILES string of the molecule is CN(C)c1cccc(-c2cncc(NCCCO)n2)c1. The Labute approximate surface area is 119 Å². The van der Waals surface area contributed by atoms with Gasteiger partial charge in [0.1, 0.15) is 5.82 Å². The Morgan fingerprint density at radius 3 is 2.85 bits per heavy atom. The molecule has 1 aromatic heterocycles. The first-order valence-electron chi connectivity index (χ1n) is 6.65. The summed E-state index contributed by atoms with van der Waals surface area (Å²) >= 11 is 0. The van der Waals surface area contributed by atoms with E-state index >= 15 is 0 Å². The summed E-state index contributed by atoms with van der Waals surface area (Å²) in [5, 5.41) is 11.9. The van der Waals surface area contributed by atoms with E-state index < -0.39 is 0 Å². The number of hydrogen-bond donors (Lipinski definition) is 2. The van der Waals surface area contributed by atoms with Crippen molar-refractivity contribution in [3.63, 3.8) is 0 Å². The third-order valence-corrected chi connectivity index (χ3v) is 2.93. The lowest BCUT2D eigenvalue weighted by atomic mass is 10.1. The molecule has 0 amide bonds. The lowest BCUT2D eigenvalue weighted by molar-refractivity contribution is 0.292. The van der Waals surface area contributed by atoms with E-state index in [4.69, 9.17) is 5.11 Å². The molecule has 2 N–H and O–H groups in total. The molecule has 0 saturated carbocycles. The van der Waals surface area contributed by atoms with Crippen molar-refractivity contribution in [2.24, 2.45) is 0 Å². The number of aliphatic hydroxyl groups excluding tert-OH is 1. The highest BCUT2D eigenvalue weighted by molar-refractivity contribution is 5.65. The van der Waals surface area contributed by atoms with E-state index in [9.17, 15) is 0 Å². The van der Waals surface area contributed by atoms with Crippen LogP contribution in [-0.4, -0.2) is 42.3 Å². The molecule has 20 heavy (non-hydrogen) atoms. The van der Waals surface area contributed by atoms with E-state index in [-0.39, 0.29) is 6.61 Å². The van der Waals surface area contributed by atoms with Crippen LogP contribution in [0, 0.1) is 0 Å². The van der Waals surface area contributed by atoms with Crippen LogP contribution in [0.3, 0.4) is 0 Å². The molecule has 106 valence electrons. The summed E-state index contributed by atoms with van der Waals surface area (Å²) < 4.78 is 0. The molecular formula is C15H20N4O. The second-order valence-corrected chi connectivity index (χ2v) is 4.74. The van der Waals surface area contributed by atoms with Crippen molar-refractivity contribution in [2.75, 3.05) is 37.5 Å². The predicted molar refractivity (Wildman–Crippen MR) is 82.0 cm³/mol. The fourth-order valence-electron chi connectivity index (χ4n) is 1.83. The van der Waals surface area contributed by atoms with Gasteiger partial charge >= 0.3 is 0 Å². The Balaban J connectivity index is 2.19. The average molecular weight is 272 g/mol. The Morgan fingerprint density at radius 2 is 2.10 bits per heavy atom. The first-order chi connectivity index (χ1) is 9.70. The Bertz CT molecular complexity index is 557. The second kappa shape index (κ2) is 6.86. The number of aromatic nitrogens is 2. The molecule has 1 heterocycles. The minimum atomic E-state index is 0.172. The van der Waals surface area contributed by atoms with E-state index in [0.29, 0.717) is 13.0 Å². The van der Waals surface area contributed by atoms with Crippen LogP contribution < -0.4 is 10.2 Å². The third kappa shape index (κ3) is 3.68. The van der Waals surface area contributed by atoms with E-state index in [1.807, 2.05) is 26.2 Å². The minimum Gasteiger partial charge on any atom is -0.396 e. The fraction of sp³-hybridized carbons (Fsp3) is 0.333. The third-order valence-electron chi connectivity index (χ3n) is 2.93. The normalized spacial score (nSPS) is 10.3. The van der Waals surface area contributed by atoms with Crippen LogP contribution in [-0.2, 0) is 0 Å². The second-order valence-electron chi connectivity index (χ2n) is 4.74. The van der Waals surface area contributed by atoms with Gasteiger partial charge in [0, 0.05) is 38.5 Å². The van der Waals surface area contributed by atoms with Gasteiger partial charge in [-0.2, -0.15) is 0 Å². The van der Waals surface area contributed by atoms with Crippen molar-refractivity contribution in [1.29, 1.82) is 0 Å². The molecular weight excluding hydrogens is 252 g/mol. The molecule has 5 heteroatoms. The van der Waals surface area contributed by atoms with E-state index in [1.165, 1.54) is 0 Å². The fourth-order valence-corrected chi connectivity index (χ4v) is 1.83. The van der Waals surface area contributed by atoms with Crippen molar-refractivity contribution in [3.8, 4) is 11.3 Å². The van der Waals surface area contributed by atoms with Gasteiger partial charge in [0.2, 0.25) is 0 Å². The smallest absolute Gasteiger partial charge is 0.145 e. The predicted octanol–water partition coefficient (Wildman–Crippen LogP) is 2.00. The molecule has 0 aliphatic carbocycles. The number of anilines is 2. The van der Waals surface area contributed by atoms with Gasteiger partial charge < -0.3 is 15.3 Å². The van der Waals surface area contributed by atoms with Gasteiger partial charge in [-0.05, 0) is 18.6 Å². The Hall–Kier alpha value is -2.14. The minimum absolute atomic E-state index is 0.172. The highest BCUT2D eigenvalue weighted by Crippen LogP contribution is 2.22. The average Bonchev–Trinajstić information content (AvgIpc) is 2.48. The Kier molecular flexibility index (Phi) is 4.90. The van der Waals surface area contributed by atoms with Gasteiger partial charge in [-0.1, -0.05) is 12.1 Å². The summed E-state index contributed by atoms with van der Waals surface area (Å²) in [6, 6.07) is 8.18. The van der Waals surface area contributed by atoms with Gasteiger partial charge in [0.05, 0.1) is 18.1 Å². The monoisotopic (exact) mass is 272 g/mol. The molecule has 0 aliphatic rings. The highest BCUT2D eigenvalue weighted by atomic mass is 16.3. The lowest BCUT2D eigenvalue weighted by Gasteiger charge is -2.13. The summed E-state index contributed by atoms with van der Waals surface area (Å²) in [6.07, 6.45) is 4.14. The molecule has 2 aromatic rings. The molecule has 2 rings (SSSR count). The molecule has 1 aromatic carbocycles. The molecule has 0 fully saturated rings. The molecule has 0 aliphatic heterocycles. The van der Waals surface area contributed by atoms with Gasteiger partial charge in [-0.25, -0.2) is 4.98 Å². The quantitative estimate of drug-likeness (QED) is 0.788. The lowest BCUT2D eigenvalue weighted by Crippen LogP contribution is -2.08. The van der Waals surface area contributed by atoms with Crippen molar-refractivity contribution in [2.45, 2.75) is 6.42 Å². The maximum atomic E-state index is 8.78. The number of nitrogens with one attached hydrogen (secondary N) is 1. The summed E-state index contributed by atoms with van der Waals surface area (Å²) in [5.41, 5.74) is 3.00. The van der Waals surface area contributed by atoms with Crippen LogP contribution in [0.4, 0.5) is 11.5 Å². The molecule has 0 radical (unpaired) electrons.